The zero-order valence-electron chi connectivity index (χ0n) is 13.1. The number of carboxylic acids is 1. The highest BCUT2D eigenvalue weighted by Gasteiger charge is 2.39. The first kappa shape index (κ1) is 18.9. The molecule has 0 bridgehead atoms. The van der Waals surface area contributed by atoms with Gasteiger partial charge in [0.1, 0.15) is 0 Å². The molecule has 4 N–H and O–H groups in total. The first-order chi connectivity index (χ1) is 10.5. The number of aliphatic carboxylic acids is 1. The van der Waals surface area contributed by atoms with Crippen molar-refractivity contribution in [3.05, 3.63) is 24.3 Å². The van der Waals surface area contributed by atoms with Crippen LogP contribution in [0.5, 0.6) is 0 Å². The van der Waals surface area contributed by atoms with Crippen LogP contribution < -0.4 is 0 Å². The fourth-order valence-corrected chi connectivity index (χ4v) is 2.84. The Labute approximate surface area is 132 Å². The molecule has 1 saturated carbocycles. The van der Waals surface area contributed by atoms with Crippen LogP contribution in [-0.4, -0.2) is 44.7 Å². The van der Waals surface area contributed by atoms with Gasteiger partial charge in [-0.1, -0.05) is 31.2 Å². The number of rotatable bonds is 9. The molecule has 22 heavy (non-hydrogen) atoms. The first-order valence-corrected chi connectivity index (χ1v) is 8.05. The lowest BCUT2D eigenvalue weighted by molar-refractivity contribution is -0.137. The molecule has 5 atom stereocenters. The molecule has 5 heteroatoms. The van der Waals surface area contributed by atoms with Crippen molar-refractivity contribution in [2.75, 3.05) is 0 Å². The van der Waals surface area contributed by atoms with E-state index >= 15 is 0 Å². The highest BCUT2D eigenvalue weighted by molar-refractivity contribution is 5.66. The third kappa shape index (κ3) is 6.30. The van der Waals surface area contributed by atoms with Gasteiger partial charge in [0.2, 0.25) is 0 Å². The summed E-state index contributed by atoms with van der Waals surface area (Å²) < 4.78 is 0. The van der Waals surface area contributed by atoms with Crippen LogP contribution in [0.2, 0.25) is 0 Å². The van der Waals surface area contributed by atoms with Crippen LogP contribution in [0.3, 0.4) is 0 Å². The fraction of sp³-hybridized carbons (Fsp3) is 0.706. The molecule has 0 radical (unpaired) electrons. The summed E-state index contributed by atoms with van der Waals surface area (Å²) in [5, 5.41) is 38.2. The van der Waals surface area contributed by atoms with Gasteiger partial charge in [-0.15, -0.1) is 0 Å². The van der Waals surface area contributed by atoms with Crippen LogP contribution in [0, 0.1) is 11.8 Å². The monoisotopic (exact) mass is 312 g/mol. The van der Waals surface area contributed by atoms with Crippen LogP contribution in [0.1, 0.15) is 45.4 Å². The maximum atomic E-state index is 10.4. The summed E-state index contributed by atoms with van der Waals surface area (Å²) in [4.78, 5) is 10.4. The van der Waals surface area contributed by atoms with Gasteiger partial charge in [-0.25, -0.2) is 0 Å². The van der Waals surface area contributed by atoms with E-state index in [1.807, 2.05) is 25.2 Å². The molecule has 5 nitrogen and oxygen atoms in total. The predicted molar refractivity (Wildman–Crippen MR) is 84.3 cm³/mol. The molecule has 0 heterocycles. The standard InChI is InChI=1S/C17H28O5/c1-2-12(18)9-10-14-13(15(19)11-16(14)20)7-5-3-4-6-8-17(21)22/h3,5,9-10,12-16,18-20H,2,4,6-8,11H2,1H3,(H,21,22)/b5-3-,10-9+/t12-,13+,14+,15-,16+/m0/s1. The van der Waals surface area contributed by atoms with Gasteiger partial charge < -0.3 is 20.4 Å². The molecule has 1 aliphatic carbocycles. The molecule has 0 amide bonds. The molecular weight excluding hydrogens is 284 g/mol. The van der Waals surface area contributed by atoms with Crippen LogP contribution in [-0.2, 0) is 4.79 Å². The van der Waals surface area contributed by atoms with Gasteiger partial charge in [-0.3, -0.25) is 4.79 Å². The van der Waals surface area contributed by atoms with E-state index in [-0.39, 0.29) is 18.3 Å². The second-order valence-electron chi connectivity index (χ2n) is 5.97. The number of unbranched alkanes of at least 4 members (excludes halogenated alkanes) is 1. The summed E-state index contributed by atoms with van der Waals surface area (Å²) in [7, 11) is 0. The molecule has 0 saturated heterocycles. The second-order valence-corrected chi connectivity index (χ2v) is 5.97. The second kappa shape index (κ2) is 9.77. The number of aliphatic hydroxyl groups is 3. The average Bonchev–Trinajstić information content (AvgIpc) is 2.73. The number of carboxylic acid groups (broad SMARTS) is 1. The van der Waals surface area contributed by atoms with E-state index in [0.29, 0.717) is 32.1 Å². The first-order valence-electron chi connectivity index (χ1n) is 8.05. The Bertz CT molecular complexity index is 391. The Balaban J connectivity index is 2.48. The van der Waals surface area contributed by atoms with Crippen LogP contribution in [0.25, 0.3) is 0 Å². The summed E-state index contributed by atoms with van der Waals surface area (Å²) >= 11 is 0. The van der Waals surface area contributed by atoms with Crippen molar-refractivity contribution in [2.24, 2.45) is 11.8 Å². The minimum atomic E-state index is -0.789. The molecule has 0 aromatic carbocycles. The summed E-state index contributed by atoms with van der Waals surface area (Å²) in [5.74, 6) is -1.01. The van der Waals surface area contributed by atoms with Crippen LogP contribution in [0.4, 0.5) is 0 Å². The van der Waals surface area contributed by atoms with Crippen LogP contribution >= 0.6 is 0 Å². The maximum absolute atomic E-state index is 10.4. The third-order valence-corrected chi connectivity index (χ3v) is 4.23. The Hall–Kier alpha value is -1.17. The summed E-state index contributed by atoms with van der Waals surface area (Å²) in [6.07, 6.45) is 8.83. The van der Waals surface area contributed by atoms with E-state index in [4.69, 9.17) is 5.11 Å². The van der Waals surface area contributed by atoms with E-state index in [0.717, 1.165) is 0 Å². The van der Waals surface area contributed by atoms with Crippen molar-refractivity contribution < 1.29 is 25.2 Å². The number of hydrogen-bond acceptors (Lipinski definition) is 4. The molecular formula is C17H28O5. The Kier molecular flexibility index (Phi) is 8.38. The molecule has 1 fully saturated rings. The molecule has 0 aliphatic heterocycles. The van der Waals surface area contributed by atoms with E-state index in [9.17, 15) is 20.1 Å². The molecule has 1 rings (SSSR count). The number of aliphatic hydroxyl groups excluding tert-OH is 3. The quantitative estimate of drug-likeness (QED) is 0.385. The summed E-state index contributed by atoms with van der Waals surface area (Å²) in [5.41, 5.74) is 0. The highest BCUT2D eigenvalue weighted by Crippen LogP contribution is 2.36. The van der Waals surface area contributed by atoms with E-state index in [1.54, 1.807) is 6.08 Å². The lowest BCUT2D eigenvalue weighted by atomic mass is 9.89. The van der Waals surface area contributed by atoms with Crippen molar-refractivity contribution in [2.45, 2.75) is 63.8 Å². The van der Waals surface area contributed by atoms with Crippen molar-refractivity contribution >= 4 is 5.97 Å². The molecule has 0 aromatic rings. The Morgan fingerprint density at radius 3 is 2.64 bits per heavy atom. The lowest BCUT2D eigenvalue weighted by Gasteiger charge is -2.19. The lowest BCUT2D eigenvalue weighted by Crippen LogP contribution is -2.20. The van der Waals surface area contributed by atoms with Crippen LogP contribution in [0.15, 0.2) is 24.3 Å². The topological polar surface area (TPSA) is 98.0 Å². The smallest absolute Gasteiger partial charge is 0.303 e. The van der Waals surface area contributed by atoms with Crippen molar-refractivity contribution in [1.29, 1.82) is 0 Å². The van der Waals surface area contributed by atoms with Gasteiger partial charge in [0, 0.05) is 18.8 Å². The van der Waals surface area contributed by atoms with Gasteiger partial charge in [-0.2, -0.15) is 0 Å². The van der Waals surface area contributed by atoms with E-state index in [1.165, 1.54) is 0 Å². The normalized spacial score (nSPS) is 30.4. The molecule has 1 aliphatic rings. The Morgan fingerprint density at radius 2 is 2.00 bits per heavy atom. The minimum absolute atomic E-state index is 0.0639. The fourth-order valence-electron chi connectivity index (χ4n) is 2.84. The average molecular weight is 312 g/mol. The zero-order chi connectivity index (χ0) is 16.5. The number of carbonyl (C=O) groups is 1. The largest absolute Gasteiger partial charge is 0.481 e. The van der Waals surface area contributed by atoms with Crippen molar-refractivity contribution in [3.63, 3.8) is 0 Å². The van der Waals surface area contributed by atoms with Gasteiger partial charge in [-0.05, 0) is 31.6 Å². The van der Waals surface area contributed by atoms with Gasteiger partial charge in [0.15, 0.2) is 0 Å². The van der Waals surface area contributed by atoms with Gasteiger partial charge >= 0.3 is 5.97 Å². The summed E-state index contributed by atoms with van der Waals surface area (Å²) in [6.45, 7) is 1.88. The SMILES string of the molecule is CC[C@H](O)/C=C/[C@@H]1[C@@H](C/C=C\CCCC(=O)O)[C@@H](O)C[C@H]1O. The maximum Gasteiger partial charge on any atom is 0.303 e. The summed E-state index contributed by atoms with van der Waals surface area (Å²) in [6, 6.07) is 0. The molecule has 0 aromatic heterocycles. The van der Waals surface area contributed by atoms with Crippen molar-refractivity contribution in [1.82, 2.24) is 0 Å². The number of hydrogen-bond donors (Lipinski definition) is 4. The third-order valence-electron chi connectivity index (χ3n) is 4.23. The van der Waals surface area contributed by atoms with Gasteiger partial charge in [0.25, 0.3) is 0 Å². The van der Waals surface area contributed by atoms with Gasteiger partial charge in [0.05, 0.1) is 18.3 Å². The molecule has 126 valence electrons. The predicted octanol–water partition coefficient (Wildman–Crippen LogP) is 1.87. The van der Waals surface area contributed by atoms with E-state index in [2.05, 4.69) is 0 Å². The van der Waals surface area contributed by atoms with Crippen molar-refractivity contribution in [3.8, 4) is 0 Å². The Morgan fingerprint density at radius 1 is 1.27 bits per heavy atom. The zero-order valence-corrected chi connectivity index (χ0v) is 13.1. The highest BCUT2D eigenvalue weighted by atomic mass is 16.4. The molecule has 0 unspecified atom stereocenters. The van der Waals surface area contributed by atoms with E-state index < -0.39 is 24.3 Å². The number of allylic oxidation sites excluding steroid dienone is 2. The molecule has 0 spiro atoms. The minimum Gasteiger partial charge on any atom is -0.481 e.